The van der Waals surface area contributed by atoms with Crippen molar-refractivity contribution in [3.05, 3.63) is 181 Å². The molecule has 0 unspecified atom stereocenters. The molecule has 0 aliphatic carbocycles. The Hall–Kier alpha value is -5.90. The molecule has 0 saturated carbocycles. The van der Waals surface area contributed by atoms with Gasteiger partial charge in [-0.25, -0.2) is 0 Å². The van der Waals surface area contributed by atoms with Gasteiger partial charge in [-0.05, 0) is 85.3 Å². The molecule has 0 aliphatic rings. The lowest BCUT2D eigenvalue weighted by atomic mass is 9.96. The molecule has 0 fully saturated rings. The summed E-state index contributed by atoms with van der Waals surface area (Å²) in [6.07, 6.45) is 0. The fraction of sp³-hybridized carbons (Fsp3) is 0.0435. The van der Waals surface area contributed by atoms with E-state index in [0.29, 0.717) is 0 Å². The van der Waals surface area contributed by atoms with Gasteiger partial charge in [0.05, 0.1) is 11.4 Å². The van der Waals surface area contributed by atoms with Crippen LogP contribution in [0.4, 0.5) is 34.1 Å². The van der Waals surface area contributed by atoms with E-state index in [-0.39, 0.29) is 0 Å². The Morgan fingerprint density at radius 1 is 0.347 bits per heavy atom. The summed E-state index contributed by atoms with van der Waals surface area (Å²) in [7, 11) is 0. The topological polar surface area (TPSA) is 6.48 Å². The molecule has 1 heterocycles. The summed E-state index contributed by atoms with van der Waals surface area (Å²) in [5.41, 5.74) is 9.43. The van der Waals surface area contributed by atoms with E-state index in [4.69, 9.17) is 0 Å². The number of fused-ring (bicyclic) bond motifs is 7. The van der Waals surface area contributed by atoms with Crippen LogP contribution in [-0.4, -0.2) is 0 Å². The number of hydrogen-bond donors (Lipinski definition) is 0. The van der Waals surface area contributed by atoms with Crippen LogP contribution in [0.2, 0.25) is 0 Å². The van der Waals surface area contributed by atoms with Crippen LogP contribution in [0.1, 0.15) is 11.1 Å². The maximum Gasteiger partial charge on any atom is 0.0554 e. The minimum atomic E-state index is 1.14. The molecule has 8 aromatic carbocycles. The summed E-state index contributed by atoms with van der Waals surface area (Å²) in [5.74, 6) is 0. The summed E-state index contributed by atoms with van der Waals surface area (Å²) in [6, 6.07) is 61.9. The van der Waals surface area contributed by atoms with Gasteiger partial charge in [-0.2, -0.15) is 0 Å². The zero-order valence-electron chi connectivity index (χ0n) is 27.5. The molecule has 234 valence electrons. The molecule has 0 aliphatic heterocycles. The van der Waals surface area contributed by atoms with Crippen LogP contribution in [0.5, 0.6) is 0 Å². The van der Waals surface area contributed by atoms with Crippen molar-refractivity contribution < 1.29 is 0 Å². The molecule has 0 amide bonds. The van der Waals surface area contributed by atoms with Crippen molar-refractivity contribution in [2.45, 2.75) is 13.8 Å². The van der Waals surface area contributed by atoms with Gasteiger partial charge in [0.15, 0.2) is 0 Å². The van der Waals surface area contributed by atoms with Gasteiger partial charge in [-0.15, -0.1) is 11.3 Å². The highest BCUT2D eigenvalue weighted by molar-refractivity contribution is 7.26. The Labute approximate surface area is 290 Å². The van der Waals surface area contributed by atoms with Crippen molar-refractivity contribution in [3.63, 3.8) is 0 Å². The van der Waals surface area contributed by atoms with Crippen molar-refractivity contribution in [1.82, 2.24) is 0 Å². The fourth-order valence-electron chi connectivity index (χ4n) is 7.22. The third kappa shape index (κ3) is 5.02. The van der Waals surface area contributed by atoms with Gasteiger partial charge in [0, 0.05) is 53.7 Å². The molecular formula is C46H34N2S. The Morgan fingerprint density at radius 2 is 0.673 bits per heavy atom. The van der Waals surface area contributed by atoms with Crippen LogP contribution >= 0.6 is 11.3 Å². The number of hydrogen-bond acceptors (Lipinski definition) is 3. The van der Waals surface area contributed by atoms with E-state index >= 15 is 0 Å². The molecule has 49 heavy (non-hydrogen) atoms. The maximum atomic E-state index is 2.42. The maximum absolute atomic E-state index is 2.42. The van der Waals surface area contributed by atoms with Gasteiger partial charge in [-0.1, -0.05) is 120 Å². The number of nitrogens with zero attached hydrogens (tertiary/aromatic N) is 2. The number of aryl methyl sites for hydroxylation is 2. The van der Waals surface area contributed by atoms with Gasteiger partial charge in [0.2, 0.25) is 0 Å². The van der Waals surface area contributed by atoms with Crippen LogP contribution in [0.25, 0.3) is 41.7 Å². The van der Waals surface area contributed by atoms with Crippen LogP contribution < -0.4 is 9.80 Å². The van der Waals surface area contributed by atoms with Crippen LogP contribution in [0, 0.1) is 13.8 Å². The molecule has 0 N–H and O–H groups in total. The van der Waals surface area contributed by atoms with Gasteiger partial charge in [0.1, 0.15) is 0 Å². The molecule has 0 saturated heterocycles. The van der Waals surface area contributed by atoms with Gasteiger partial charge in [-0.3, -0.25) is 0 Å². The van der Waals surface area contributed by atoms with Crippen molar-refractivity contribution in [3.8, 4) is 0 Å². The zero-order valence-corrected chi connectivity index (χ0v) is 28.3. The first-order valence-corrected chi connectivity index (χ1v) is 17.6. The smallest absolute Gasteiger partial charge is 0.0554 e. The largest absolute Gasteiger partial charge is 0.310 e. The van der Waals surface area contributed by atoms with Crippen LogP contribution in [-0.2, 0) is 0 Å². The molecule has 2 nitrogen and oxygen atoms in total. The van der Waals surface area contributed by atoms with E-state index in [1.54, 1.807) is 0 Å². The third-order valence-electron chi connectivity index (χ3n) is 9.54. The molecule has 3 heteroatoms. The van der Waals surface area contributed by atoms with Gasteiger partial charge < -0.3 is 9.80 Å². The van der Waals surface area contributed by atoms with Crippen LogP contribution in [0.15, 0.2) is 170 Å². The minimum Gasteiger partial charge on any atom is -0.310 e. The van der Waals surface area contributed by atoms with E-state index in [0.717, 1.165) is 22.7 Å². The standard InChI is InChI=1S/C46H34N2S/c1-31-21-25-35(26-22-31)47(33-13-5-3-6-14-33)41-29-43-45(39-19-11-9-17-37(39)41)46-40-20-12-10-18-38(40)42(30-44(46)49-43)48(34-15-7-4-8-16-34)36-27-23-32(2)24-28-36/h3-30H,1-2H3. The number of para-hydroxylation sites is 2. The zero-order chi connectivity index (χ0) is 32.9. The number of anilines is 6. The Bertz CT molecular complexity index is 2420. The summed E-state index contributed by atoms with van der Waals surface area (Å²) < 4.78 is 2.56. The number of thiophene rings is 1. The average Bonchev–Trinajstić information content (AvgIpc) is 3.53. The summed E-state index contributed by atoms with van der Waals surface area (Å²) in [6.45, 7) is 4.29. The molecule has 1 aromatic heterocycles. The van der Waals surface area contributed by atoms with Crippen molar-refractivity contribution in [2.24, 2.45) is 0 Å². The first-order valence-electron chi connectivity index (χ1n) is 16.8. The highest BCUT2D eigenvalue weighted by Gasteiger charge is 2.23. The number of benzene rings is 8. The van der Waals surface area contributed by atoms with Crippen molar-refractivity contribution in [2.75, 3.05) is 9.80 Å². The quantitative estimate of drug-likeness (QED) is 0.177. The molecular weight excluding hydrogens is 613 g/mol. The second kappa shape index (κ2) is 12.0. The van der Waals surface area contributed by atoms with E-state index in [2.05, 4.69) is 194 Å². The third-order valence-corrected chi connectivity index (χ3v) is 10.6. The Morgan fingerprint density at radius 3 is 1.06 bits per heavy atom. The number of rotatable bonds is 6. The highest BCUT2D eigenvalue weighted by atomic mass is 32.1. The first kappa shape index (κ1) is 29.3. The van der Waals surface area contributed by atoms with E-state index in [9.17, 15) is 0 Å². The SMILES string of the molecule is Cc1ccc(N(c2ccccc2)c2cc3sc4cc(N(c5ccccc5)c5ccc(C)cc5)c5ccccc5c4c3c3ccccc23)cc1. The predicted octanol–water partition coefficient (Wildman–Crippen LogP) is 13.9. The summed E-state index contributed by atoms with van der Waals surface area (Å²) in [4.78, 5) is 4.81. The van der Waals surface area contributed by atoms with Crippen molar-refractivity contribution in [1.29, 1.82) is 0 Å². The first-order chi connectivity index (χ1) is 24.1. The van der Waals surface area contributed by atoms with Crippen molar-refractivity contribution >= 4 is 87.2 Å². The molecule has 0 atom stereocenters. The normalized spacial score (nSPS) is 11.5. The molecule has 0 radical (unpaired) electrons. The lowest BCUT2D eigenvalue weighted by molar-refractivity contribution is 1.29. The molecule has 9 rings (SSSR count). The minimum absolute atomic E-state index is 1.14. The second-order valence-corrected chi connectivity index (χ2v) is 13.8. The predicted molar refractivity (Wildman–Crippen MR) is 213 cm³/mol. The molecule has 0 spiro atoms. The Balaban J connectivity index is 1.36. The Kier molecular flexibility index (Phi) is 7.14. The molecule has 0 bridgehead atoms. The highest BCUT2D eigenvalue weighted by Crippen LogP contribution is 2.50. The summed E-state index contributed by atoms with van der Waals surface area (Å²) >= 11 is 1.89. The van der Waals surface area contributed by atoms with Gasteiger partial charge >= 0.3 is 0 Å². The molecule has 9 aromatic rings. The van der Waals surface area contributed by atoms with Crippen LogP contribution in [0.3, 0.4) is 0 Å². The second-order valence-electron chi connectivity index (χ2n) is 12.7. The van der Waals surface area contributed by atoms with E-state index in [1.165, 1.54) is 64.2 Å². The lowest BCUT2D eigenvalue weighted by Crippen LogP contribution is -2.10. The van der Waals surface area contributed by atoms with E-state index in [1.807, 2.05) is 11.3 Å². The van der Waals surface area contributed by atoms with Gasteiger partial charge in [0.25, 0.3) is 0 Å². The van der Waals surface area contributed by atoms with E-state index < -0.39 is 0 Å². The average molecular weight is 647 g/mol. The fourth-order valence-corrected chi connectivity index (χ4v) is 8.43. The summed E-state index contributed by atoms with van der Waals surface area (Å²) in [5, 5.41) is 7.65. The monoisotopic (exact) mass is 646 g/mol. The lowest BCUT2D eigenvalue weighted by Gasteiger charge is -2.27.